The predicted molar refractivity (Wildman–Crippen MR) is 91.7 cm³/mol. The van der Waals surface area contributed by atoms with Crippen LogP contribution in [0.25, 0.3) is 5.69 Å². The van der Waals surface area contributed by atoms with Gasteiger partial charge in [0.25, 0.3) is 0 Å². The van der Waals surface area contributed by atoms with Crippen LogP contribution >= 0.6 is 0 Å². The van der Waals surface area contributed by atoms with Gasteiger partial charge in [-0.1, -0.05) is 6.92 Å². The Morgan fingerprint density at radius 2 is 1.88 bits per heavy atom. The fraction of sp³-hybridized carbons (Fsp3) is 0.278. The number of halogens is 1. The van der Waals surface area contributed by atoms with E-state index in [0.717, 1.165) is 40.7 Å². The molecule has 0 fully saturated rings. The predicted octanol–water partition coefficient (Wildman–Crippen LogP) is 3.59. The van der Waals surface area contributed by atoms with Gasteiger partial charge >= 0.3 is 0 Å². The molecule has 0 saturated heterocycles. The molecule has 124 valence electrons. The standard InChI is InChI=1S/C18H20FN5/c1-4-16-9-18(22-13(3)21-16)20-10-14-11-24(23-12(14)2)17-7-5-15(19)6-8-17/h5-9,11H,4,10H2,1-3H3,(H,20,21,22). The van der Waals surface area contributed by atoms with Crippen LogP contribution in [0.2, 0.25) is 0 Å². The van der Waals surface area contributed by atoms with Crippen molar-refractivity contribution >= 4 is 5.82 Å². The smallest absolute Gasteiger partial charge is 0.130 e. The number of nitrogens with zero attached hydrogens (tertiary/aromatic N) is 4. The van der Waals surface area contributed by atoms with Gasteiger partial charge in [-0.3, -0.25) is 0 Å². The van der Waals surface area contributed by atoms with E-state index in [9.17, 15) is 4.39 Å². The minimum absolute atomic E-state index is 0.254. The van der Waals surface area contributed by atoms with Crippen molar-refractivity contribution in [3.8, 4) is 5.69 Å². The lowest BCUT2D eigenvalue weighted by Crippen LogP contribution is -2.05. The van der Waals surface area contributed by atoms with Crippen LogP contribution in [-0.2, 0) is 13.0 Å². The molecule has 2 aromatic heterocycles. The summed E-state index contributed by atoms with van der Waals surface area (Å²) in [5.41, 5.74) is 3.84. The van der Waals surface area contributed by atoms with E-state index < -0.39 is 0 Å². The maximum Gasteiger partial charge on any atom is 0.130 e. The maximum absolute atomic E-state index is 13.0. The molecule has 0 radical (unpaired) electrons. The fourth-order valence-corrected chi connectivity index (χ4v) is 2.48. The Balaban J connectivity index is 1.76. The number of rotatable bonds is 5. The second kappa shape index (κ2) is 6.78. The van der Waals surface area contributed by atoms with E-state index >= 15 is 0 Å². The molecule has 0 unspecified atom stereocenters. The minimum atomic E-state index is -0.254. The van der Waals surface area contributed by atoms with Crippen molar-refractivity contribution in [2.75, 3.05) is 5.32 Å². The van der Waals surface area contributed by atoms with Crippen LogP contribution in [0.5, 0.6) is 0 Å². The highest BCUT2D eigenvalue weighted by Crippen LogP contribution is 2.15. The normalized spacial score (nSPS) is 10.8. The largest absolute Gasteiger partial charge is 0.366 e. The Hall–Kier alpha value is -2.76. The van der Waals surface area contributed by atoms with E-state index in [-0.39, 0.29) is 5.82 Å². The second-order valence-corrected chi connectivity index (χ2v) is 5.66. The zero-order chi connectivity index (χ0) is 17.1. The van der Waals surface area contributed by atoms with Gasteiger partial charge in [-0.05, 0) is 44.5 Å². The number of hydrogen-bond acceptors (Lipinski definition) is 4. The van der Waals surface area contributed by atoms with E-state index in [1.807, 2.05) is 26.1 Å². The van der Waals surface area contributed by atoms with Gasteiger partial charge < -0.3 is 5.32 Å². The monoisotopic (exact) mass is 325 g/mol. The van der Waals surface area contributed by atoms with Gasteiger partial charge in [0.2, 0.25) is 0 Å². The van der Waals surface area contributed by atoms with Crippen molar-refractivity contribution < 1.29 is 4.39 Å². The van der Waals surface area contributed by atoms with Gasteiger partial charge in [-0.25, -0.2) is 19.0 Å². The highest BCUT2D eigenvalue weighted by molar-refractivity contribution is 5.38. The van der Waals surface area contributed by atoms with E-state index in [4.69, 9.17) is 0 Å². The number of hydrogen-bond donors (Lipinski definition) is 1. The Bertz CT molecular complexity index is 839. The molecule has 0 saturated carbocycles. The molecule has 0 bridgehead atoms. The molecule has 3 rings (SSSR count). The molecule has 6 heteroatoms. The Labute approximate surface area is 140 Å². The Kier molecular flexibility index (Phi) is 4.55. The first-order valence-electron chi connectivity index (χ1n) is 7.94. The third-order valence-corrected chi connectivity index (χ3v) is 3.80. The molecule has 0 atom stereocenters. The fourth-order valence-electron chi connectivity index (χ4n) is 2.48. The van der Waals surface area contributed by atoms with Crippen molar-refractivity contribution in [1.82, 2.24) is 19.7 Å². The number of aryl methyl sites for hydroxylation is 3. The summed E-state index contributed by atoms with van der Waals surface area (Å²) in [6.07, 6.45) is 2.82. The third kappa shape index (κ3) is 3.59. The van der Waals surface area contributed by atoms with Crippen molar-refractivity contribution in [2.24, 2.45) is 0 Å². The summed E-state index contributed by atoms with van der Waals surface area (Å²) in [4.78, 5) is 8.79. The topological polar surface area (TPSA) is 55.6 Å². The van der Waals surface area contributed by atoms with Crippen LogP contribution in [-0.4, -0.2) is 19.7 Å². The summed E-state index contributed by atoms with van der Waals surface area (Å²) in [7, 11) is 0. The molecule has 1 N–H and O–H groups in total. The summed E-state index contributed by atoms with van der Waals surface area (Å²) in [5.74, 6) is 1.32. The van der Waals surface area contributed by atoms with Crippen molar-refractivity contribution in [3.63, 3.8) is 0 Å². The maximum atomic E-state index is 13.0. The van der Waals surface area contributed by atoms with Gasteiger partial charge in [-0.15, -0.1) is 0 Å². The molecular formula is C18H20FN5. The average Bonchev–Trinajstić information content (AvgIpc) is 2.94. The Morgan fingerprint density at radius 3 is 2.58 bits per heavy atom. The van der Waals surface area contributed by atoms with Crippen molar-refractivity contribution in [2.45, 2.75) is 33.7 Å². The molecule has 2 heterocycles. The molecule has 0 aliphatic rings. The van der Waals surface area contributed by atoms with Gasteiger partial charge in [0.1, 0.15) is 17.5 Å². The first-order valence-corrected chi connectivity index (χ1v) is 7.94. The zero-order valence-corrected chi connectivity index (χ0v) is 14.0. The summed E-state index contributed by atoms with van der Waals surface area (Å²) in [5, 5.41) is 7.82. The van der Waals surface area contributed by atoms with E-state index in [2.05, 4.69) is 27.3 Å². The highest BCUT2D eigenvalue weighted by atomic mass is 19.1. The first kappa shape index (κ1) is 16.1. The average molecular weight is 325 g/mol. The quantitative estimate of drug-likeness (QED) is 0.779. The second-order valence-electron chi connectivity index (χ2n) is 5.66. The van der Waals surface area contributed by atoms with Crippen molar-refractivity contribution in [1.29, 1.82) is 0 Å². The van der Waals surface area contributed by atoms with Crippen LogP contribution in [0.3, 0.4) is 0 Å². The van der Waals surface area contributed by atoms with E-state index in [0.29, 0.717) is 6.54 Å². The molecule has 0 spiro atoms. The zero-order valence-electron chi connectivity index (χ0n) is 14.0. The van der Waals surface area contributed by atoms with Gasteiger partial charge in [-0.2, -0.15) is 5.10 Å². The van der Waals surface area contributed by atoms with Crippen LogP contribution in [0.15, 0.2) is 36.5 Å². The summed E-state index contributed by atoms with van der Waals surface area (Å²) >= 11 is 0. The summed E-state index contributed by atoms with van der Waals surface area (Å²) in [6.45, 7) is 6.54. The molecule has 5 nitrogen and oxygen atoms in total. The molecule has 0 aliphatic heterocycles. The lowest BCUT2D eigenvalue weighted by atomic mass is 10.2. The van der Waals surface area contributed by atoms with E-state index in [1.54, 1.807) is 16.8 Å². The number of nitrogens with one attached hydrogen (secondary N) is 1. The SMILES string of the molecule is CCc1cc(NCc2cn(-c3ccc(F)cc3)nc2C)nc(C)n1. The molecule has 0 amide bonds. The Morgan fingerprint density at radius 1 is 1.12 bits per heavy atom. The molecule has 0 aliphatic carbocycles. The first-order chi connectivity index (χ1) is 11.5. The van der Waals surface area contributed by atoms with Gasteiger partial charge in [0.15, 0.2) is 0 Å². The van der Waals surface area contributed by atoms with E-state index in [1.165, 1.54) is 12.1 Å². The van der Waals surface area contributed by atoms with Crippen LogP contribution in [0.1, 0.15) is 29.7 Å². The summed E-state index contributed by atoms with van der Waals surface area (Å²) in [6, 6.07) is 8.24. The number of benzene rings is 1. The number of aromatic nitrogens is 4. The molecular weight excluding hydrogens is 305 g/mol. The minimum Gasteiger partial charge on any atom is -0.366 e. The van der Waals surface area contributed by atoms with Gasteiger partial charge in [0.05, 0.1) is 11.4 Å². The van der Waals surface area contributed by atoms with Crippen molar-refractivity contribution in [3.05, 3.63) is 65.1 Å². The number of anilines is 1. The lowest BCUT2D eigenvalue weighted by molar-refractivity contribution is 0.627. The molecule has 3 aromatic rings. The summed E-state index contributed by atoms with van der Waals surface area (Å²) < 4.78 is 14.8. The third-order valence-electron chi connectivity index (χ3n) is 3.80. The van der Waals surface area contributed by atoms with Crippen LogP contribution in [0, 0.1) is 19.7 Å². The molecule has 1 aromatic carbocycles. The molecule has 24 heavy (non-hydrogen) atoms. The highest BCUT2D eigenvalue weighted by Gasteiger charge is 2.08. The van der Waals surface area contributed by atoms with Crippen LogP contribution < -0.4 is 5.32 Å². The van der Waals surface area contributed by atoms with Crippen LogP contribution in [0.4, 0.5) is 10.2 Å². The lowest BCUT2D eigenvalue weighted by Gasteiger charge is -2.07. The van der Waals surface area contributed by atoms with Gasteiger partial charge in [0, 0.05) is 30.1 Å².